The van der Waals surface area contributed by atoms with Gasteiger partial charge in [-0.15, -0.1) is 13.0 Å². The number of ether oxygens (including phenoxy) is 2. The second-order valence-corrected chi connectivity index (χ2v) is 7.85. The fourth-order valence-corrected chi connectivity index (χ4v) is 4.01. The first-order valence-corrected chi connectivity index (χ1v) is 10.7. The maximum atomic E-state index is 12.9. The number of carbonyl (C=O) groups is 2. The molecule has 2 amide bonds. The summed E-state index contributed by atoms with van der Waals surface area (Å²) in [7, 11) is 0. The summed E-state index contributed by atoms with van der Waals surface area (Å²) in [5.74, 6) is 3.11. The number of rotatable bonds is 8. The lowest BCUT2D eigenvalue weighted by Crippen LogP contribution is -2.27. The minimum Gasteiger partial charge on any atom is -0.490 e. The molecule has 1 saturated heterocycles. The van der Waals surface area contributed by atoms with Crippen LogP contribution in [0.1, 0.15) is 18.1 Å². The highest BCUT2D eigenvalue weighted by atomic mass is 35.5. The molecule has 0 spiro atoms. The zero-order valence-corrected chi connectivity index (χ0v) is 18.5. The summed E-state index contributed by atoms with van der Waals surface area (Å²) in [6.07, 6.45) is 9.26. The van der Waals surface area contributed by atoms with Crippen LogP contribution in [-0.4, -0.2) is 24.4 Å². The molecule has 0 N–H and O–H groups in total. The van der Waals surface area contributed by atoms with Gasteiger partial charge in [-0.05, 0) is 73.1 Å². The van der Waals surface area contributed by atoms with E-state index in [1.165, 1.54) is 0 Å². The number of terminal acetylenes is 1. The number of imide groups is 1. The Balaban J connectivity index is 1.99. The monoisotopic (exact) mass is 453 g/mol. The van der Waals surface area contributed by atoms with Crippen molar-refractivity contribution in [1.29, 1.82) is 0 Å². The van der Waals surface area contributed by atoms with Crippen molar-refractivity contribution < 1.29 is 19.1 Å². The maximum absolute atomic E-state index is 12.9. The van der Waals surface area contributed by atoms with E-state index >= 15 is 0 Å². The molecule has 1 aliphatic heterocycles. The highest BCUT2D eigenvalue weighted by molar-refractivity contribution is 8.19. The van der Waals surface area contributed by atoms with Gasteiger partial charge in [-0.3, -0.25) is 9.59 Å². The van der Waals surface area contributed by atoms with Gasteiger partial charge in [-0.1, -0.05) is 23.6 Å². The molecule has 0 saturated carbocycles. The molecule has 0 radical (unpaired) electrons. The predicted molar refractivity (Wildman–Crippen MR) is 126 cm³/mol. The van der Waals surface area contributed by atoms with Crippen LogP contribution in [0, 0.1) is 12.3 Å². The van der Waals surface area contributed by atoms with Crippen molar-refractivity contribution in [1.82, 2.24) is 0 Å². The van der Waals surface area contributed by atoms with Crippen LogP contribution >= 0.6 is 23.4 Å². The summed E-state index contributed by atoms with van der Waals surface area (Å²) in [6.45, 7) is 6.18. The van der Waals surface area contributed by atoms with Crippen LogP contribution in [0.25, 0.3) is 6.08 Å². The predicted octanol–water partition coefficient (Wildman–Crippen LogP) is 5.72. The van der Waals surface area contributed by atoms with E-state index in [1.807, 2.05) is 13.0 Å². The zero-order chi connectivity index (χ0) is 22.4. The van der Waals surface area contributed by atoms with Gasteiger partial charge in [0.2, 0.25) is 0 Å². The molecule has 5 nitrogen and oxygen atoms in total. The quantitative estimate of drug-likeness (QED) is 0.290. The van der Waals surface area contributed by atoms with Crippen molar-refractivity contribution >= 4 is 46.3 Å². The third-order valence-corrected chi connectivity index (χ3v) is 5.42. The number of nitrogens with zero attached hydrogens (tertiary/aromatic N) is 1. The summed E-state index contributed by atoms with van der Waals surface area (Å²) in [5.41, 5.74) is 1.99. The van der Waals surface area contributed by atoms with E-state index < -0.39 is 5.91 Å². The number of thioether (sulfide) groups is 1. The second kappa shape index (κ2) is 10.3. The molecule has 2 aromatic rings. The van der Waals surface area contributed by atoms with Crippen LogP contribution in [0.5, 0.6) is 11.5 Å². The van der Waals surface area contributed by atoms with E-state index in [0.29, 0.717) is 45.7 Å². The number of amides is 2. The molecular weight excluding hydrogens is 434 g/mol. The molecule has 31 heavy (non-hydrogen) atoms. The van der Waals surface area contributed by atoms with Crippen molar-refractivity contribution in [2.75, 3.05) is 18.1 Å². The molecular formula is C24H20ClNO4S. The van der Waals surface area contributed by atoms with Gasteiger partial charge in [0, 0.05) is 10.6 Å². The number of anilines is 1. The fourth-order valence-electron chi connectivity index (χ4n) is 3.05. The van der Waals surface area contributed by atoms with Gasteiger partial charge in [0.25, 0.3) is 11.1 Å². The summed E-state index contributed by atoms with van der Waals surface area (Å²) >= 11 is 6.79. The third-order valence-electron chi connectivity index (χ3n) is 4.29. The molecule has 0 aliphatic carbocycles. The van der Waals surface area contributed by atoms with Crippen LogP contribution in [0.15, 0.2) is 54.0 Å². The molecule has 0 atom stereocenters. The molecule has 1 heterocycles. The van der Waals surface area contributed by atoms with Crippen LogP contribution < -0.4 is 14.4 Å². The Bertz CT molecular complexity index is 1090. The number of benzene rings is 2. The van der Waals surface area contributed by atoms with Gasteiger partial charge in [0.15, 0.2) is 11.5 Å². The summed E-state index contributed by atoms with van der Waals surface area (Å²) < 4.78 is 11.4. The van der Waals surface area contributed by atoms with E-state index in [0.717, 1.165) is 22.2 Å². The second-order valence-electron chi connectivity index (χ2n) is 6.42. The topological polar surface area (TPSA) is 55.8 Å². The van der Waals surface area contributed by atoms with E-state index in [-0.39, 0.29) is 11.8 Å². The lowest BCUT2D eigenvalue weighted by atomic mass is 10.0. The van der Waals surface area contributed by atoms with E-state index in [2.05, 4.69) is 12.5 Å². The average Bonchev–Trinajstić information content (AvgIpc) is 3.01. The van der Waals surface area contributed by atoms with Crippen LogP contribution in [0.2, 0.25) is 5.02 Å². The van der Waals surface area contributed by atoms with Gasteiger partial charge in [0.1, 0.15) is 6.61 Å². The fraction of sp³-hybridized carbons (Fsp3) is 0.167. The molecule has 1 aliphatic rings. The van der Waals surface area contributed by atoms with Crippen molar-refractivity contribution in [3.8, 4) is 23.8 Å². The van der Waals surface area contributed by atoms with E-state index in [4.69, 9.17) is 27.5 Å². The molecule has 2 aromatic carbocycles. The molecule has 7 heteroatoms. The van der Waals surface area contributed by atoms with E-state index in [9.17, 15) is 9.59 Å². The summed E-state index contributed by atoms with van der Waals surface area (Å²) in [5, 5.41) is 0.153. The Morgan fingerprint density at radius 2 is 1.97 bits per heavy atom. The molecule has 1 fully saturated rings. The number of hydrogen-bond acceptors (Lipinski definition) is 5. The van der Waals surface area contributed by atoms with Gasteiger partial charge < -0.3 is 9.47 Å². The molecule has 0 bridgehead atoms. The van der Waals surface area contributed by atoms with E-state index in [1.54, 1.807) is 42.5 Å². The molecule has 0 aromatic heterocycles. The van der Waals surface area contributed by atoms with Crippen molar-refractivity contribution in [2.24, 2.45) is 0 Å². The number of allylic oxidation sites excluding steroid dienone is 1. The van der Waals surface area contributed by atoms with Crippen molar-refractivity contribution in [3.63, 3.8) is 0 Å². The molecule has 3 rings (SSSR count). The standard InChI is InChI=1S/C24H20ClNO4S/c1-4-7-17-13-16(14-20(29-6-3)22(17)30-12-5-2)15-21-23(27)26(24(28)31-21)19-10-8-18(25)9-11-19/h2,4,8-11,13-15H,1,6-7,12H2,3H3/b21-15+. The lowest BCUT2D eigenvalue weighted by molar-refractivity contribution is -0.113. The van der Waals surface area contributed by atoms with Gasteiger partial charge in [0.05, 0.1) is 17.2 Å². The Morgan fingerprint density at radius 3 is 2.61 bits per heavy atom. The lowest BCUT2D eigenvalue weighted by Gasteiger charge is -2.15. The normalized spacial score (nSPS) is 14.6. The first kappa shape index (κ1) is 22.5. The third kappa shape index (κ3) is 5.13. The first-order chi connectivity index (χ1) is 15.0. The zero-order valence-electron chi connectivity index (χ0n) is 16.9. The first-order valence-electron chi connectivity index (χ1n) is 9.48. The SMILES string of the molecule is C#CCOc1c(CC=C)cc(/C=C2/SC(=O)N(c3ccc(Cl)cc3)C2=O)cc1OCC. The summed E-state index contributed by atoms with van der Waals surface area (Å²) in [4.78, 5) is 26.9. The van der Waals surface area contributed by atoms with Crippen LogP contribution in [0.4, 0.5) is 10.5 Å². The number of carbonyl (C=O) groups excluding carboxylic acids is 2. The van der Waals surface area contributed by atoms with Gasteiger partial charge in [-0.25, -0.2) is 4.90 Å². The smallest absolute Gasteiger partial charge is 0.298 e. The minimum absolute atomic E-state index is 0.101. The summed E-state index contributed by atoms with van der Waals surface area (Å²) in [6, 6.07) is 10.2. The average molecular weight is 454 g/mol. The molecule has 0 unspecified atom stereocenters. The highest BCUT2D eigenvalue weighted by Crippen LogP contribution is 2.39. The Kier molecular flexibility index (Phi) is 7.45. The highest BCUT2D eigenvalue weighted by Gasteiger charge is 2.36. The maximum Gasteiger partial charge on any atom is 0.298 e. The Labute approximate surface area is 190 Å². The van der Waals surface area contributed by atoms with Crippen LogP contribution in [0.3, 0.4) is 0 Å². The number of halogens is 1. The van der Waals surface area contributed by atoms with Crippen molar-refractivity contribution in [3.05, 3.63) is 70.1 Å². The van der Waals surface area contributed by atoms with Gasteiger partial charge in [-0.2, -0.15) is 0 Å². The largest absolute Gasteiger partial charge is 0.490 e. The van der Waals surface area contributed by atoms with Gasteiger partial charge >= 0.3 is 0 Å². The minimum atomic E-state index is -0.395. The van der Waals surface area contributed by atoms with Crippen LogP contribution in [-0.2, 0) is 11.2 Å². The number of hydrogen-bond donors (Lipinski definition) is 0. The Hall–Kier alpha value is -3.14. The van der Waals surface area contributed by atoms with Crippen molar-refractivity contribution in [2.45, 2.75) is 13.3 Å². The molecule has 158 valence electrons. The Morgan fingerprint density at radius 1 is 1.23 bits per heavy atom.